The number of aryl methyl sites for hydroxylation is 1. The van der Waals surface area contributed by atoms with E-state index in [1.807, 2.05) is 19.1 Å². The number of halogens is 1. The van der Waals surface area contributed by atoms with Crippen molar-refractivity contribution in [2.24, 2.45) is 0 Å². The molecule has 3 aromatic rings. The van der Waals surface area contributed by atoms with E-state index in [1.54, 1.807) is 0 Å². The second-order valence-corrected chi connectivity index (χ2v) is 7.10. The highest BCUT2D eigenvalue weighted by Crippen LogP contribution is 2.33. The molecule has 3 nitrogen and oxygen atoms in total. The summed E-state index contributed by atoms with van der Waals surface area (Å²) in [6.45, 7) is 2.15. The highest BCUT2D eigenvalue weighted by atomic mass is 35.5. The van der Waals surface area contributed by atoms with Crippen LogP contribution in [0.3, 0.4) is 0 Å². The Morgan fingerprint density at radius 1 is 0.840 bits per heavy atom. The molecule has 0 amide bonds. The van der Waals surface area contributed by atoms with Crippen molar-refractivity contribution in [1.29, 1.82) is 0 Å². The van der Waals surface area contributed by atoms with Crippen LogP contribution in [0.4, 0.5) is 0 Å². The van der Waals surface area contributed by atoms with Crippen molar-refractivity contribution in [3.05, 3.63) is 59.7 Å². The summed E-state index contributed by atoms with van der Waals surface area (Å²) >= 11 is 6.07. The molecule has 0 atom stereocenters. The number of rotatable bonds is 7. The van der Waals surface area contributed by atoms with Gasteiger partial charge in [0.1, 0.15) is 0 Å². The molecule has 132 valence electrons. The van der Waals surface area contributed by atoms with E-state index in [1.165, 1.54) is 32.7 Å². The Hall–Kier alpha value is -1.65. The molecule has 25 heavy (non-hydrogen) atoms. The summed E-state index contributed by atoms with van der Waals surface area (Å²) in [4.78, 5) is 0. The first-order valence-corrected chi connectivity index (χ1v) is 9.11. The van der Waals surface area contributed by atoms with E-state index in [4.69, 9.17) is 11.6 Å². The lowest BCUT2D eigenvalue weighted by atomic mass is 9.90. The highest BCUT2D eigenvalue weighted by molar-refractivity contribution is 6.18. The molecule has 0 aliphatic heterocycles. The first kappa shape index (κ1) is 18.2. The molecule has 0 spiro atoms. The average Bonchev–Trinajstić information content (AvgIpc) is 2.67. The van der Waals surface area contributed by atoms with Crippen LogP contribution in [-0.4, -0.2) is 34.8 Å². The van der Waals surface area contributed by atoms with E-state index in [9.17, 15) is 10.2 Å². The van der Waals surface area contributed by atoms with Crippen LogP contribution in [0, 0.1) is 0 Å². The van der Waals surface area contributed by atoms with Gasteiger partial charge in [-0.1, -0.05) is 48.5 Å². The molecule has 4 heteroatoms. The summed E-state index contributed by atoms with van der Waals surface area (Å²) in [5.74, 6) is 0.582. The molecule has 3 N–H and O–H groups in total. The molecule has 3 rings (SSSR count). The second kappa shape index (κ2) is 7.71. The summed E-state index contributed by atoms with van der Waals surface area (Å²) < 4.78 is 0. The number of aliphatic hydroxyl groups is 2. The minimum atomic E-state index is -0.711. The second-order valence-electron chi connectivity index (χ2n) is 6.72. The highest BCUT2D eigenvalue weighted by Gasteiger charge is 2.22. The van der Waals surface area contributed by atoms with Crippen molar-refractivity contribution in [2.45, 2.75) is 25.4 Å². The molecule has 0 saturated heterocycles. The Kier molecular flexibility index (Phi) is 5.60. The van der Waals surface area contributed by atoms with Crippen LogP contribution >= 0.6 is 11.6 Å². The van der Waals surface area contributed by atoms with Crippen LogP contribution < -0.4 is 5.32 Å². The van der Waals surface area contributed by atoms with Gasteiger partial charge in [0.05, 0.1) is 18.8 Å². The summed E-state index contributed by atoms with van der Waals surface area (Å²) in [5.41, 5.74) is 1.74. The molecular formula is C21H24ClNO2. The maximum Gasteiger partial charge on any atom is 0.0633 e. The standard InChI is InChI=1S/C21H24ClNO2/c1-21(13-24,14-25)23-12-20-17-8-4-2-6-15(17)19(10-11-22)16-7-3-5-9-18(16)20/h2-9,23-25H,10-14H2,1H3. The van der Waals surface area contributed by atoms with Gasteiger partial charge in [-0.3, -0.25) is 0 Å². The predicted octanol–water partition coefficient (Wildman–Crippen LogP) is 3.61. The zero-order chi connectivity index (χ0) is 17.9. The summed E-state index contributed by atoms with van der Waals surface area (Å²) in [5, 5.41) is 27.3. The number of fused-ring (bicyclic) bond motifs is 2. The molecule has 0 radical (unpaired) electrons. The fourth-order valence-corrected chi connectivity index (χ4v) is 3.52. The Labute approximate surface area is 153 Å². The number of benzene rings is 3. The predicted molar refractivity (Wildman–Crippen MR) is 105 cm³/mol. The normalized spacial score (nSPS) is 12.2. The van der Waals surface area contributed by atoms with Gasteiger partial charge in [0.25, 0.3) is 0 Å². The van der Waals surface area contributed by atoms with Crippen LogP contribution in [0.25, 0.3) is 21.5 Å². The molecule has 0 aromatic heterocycles. The number of hydrogen-bond acceptors (Lipinski definition) is 3. The van der Waals surface area contributed by atoms with Gasteiger partial charge in [-0.2, -0.15) is 0 Å². The lowest BCUT2D eigenvalue weighted by Crippen LogP contribution is -2.48. The maximum atomic E-state index is 9.57. The topological polar surface area (TPSA) is 52.5 Å². The molecule has 0 aliphatic rings. The van der Waals surface area contributed by atoms with Crippen LogP contribution in [0.15, 0.2) is 48.5 Å². The lowest BCUT2D eigenvalue weighted by molar-refractivity contribution is 0.103. The average molecular weight is 358 g/mol. The van der Waals surface area contributed by atoms with Crippen molar-refractivity contribution < 1.29 is 10.2 Å². The number of alkyl halides is 1. The van der Waals surface area contributed by atoms with Crippen molar-refractivity contribution >= 4 is 33.1 Å². The van der Waals surface area contributed by atoms with E-state index in [0.717, 1.165) is 6.42 Å². The van der Waals surface area contributed by atoms with Crippen LogP contribution in [-0.2, 0) is 13.0 Å². The zero-order valence-corrected chi connectivity index (χ0v) is 15.2. The SMILES string of the molecule is CC(CO)(CO)NCc1c2ccccc2c(CCCl)c2ccccc12. The lowest BCUT2D eigenvalue weighted by Gasteiger charge is -2.27. The third kappa shape index (κ3) is 3.51. The van der Waals surface area contributed by atoms with Gasteiger partial charge in [0.15, 0.2) is 0 Å². The third-order valence-corrected chi connectivity index (χ3v) is 5.08. The van der Waals surface area contributed by atoms with Gasteiger partial charge in [-0.15, -0.1) is 11.6 Å². The summed E-state index contributed by atoms with van der Waals surface area (Å²) in [6, 6.07) is 16.7. The van der Waals surface area contributed by atoms with E-state index < -0.39 is 5.54 Å². The molecule has 0 heterocycles. The fourth-order valence-electron chi connectivity index (χ4n) is 3.33. The summed E-state index contributed by atoms with van der Waals surface area (Å²) in [7, 11) is 0. The Morgan fingerprint density at radius 3 is 1.68 bits per heavy atom. The monoisotopic (exact) mass is 357 g/mol. The van der Waals surface area contributed by atoms with Crippen molar-refractivity contribution in [2.75, 3.05) is 19.1 Å². The van der Waals surface area contributed by atoms with Gasteiger partial charge in [0, 0.05) is 12.4 Å². The third-order valence-electron chi connectivity index (χ3n) is 4.89. The van der Waals surface area contributed by atoms with Crippen LogP contribution in [0.1, 0.15) is 18.1 Å². The van der Waals surface area contributed by atoms with Crippen molar-refractivity contribution in [3.8, 4) is 0 Å². The zero-order valence-electron chi connectivity index (χ0n) is 14.4. The van der Waals surface area contributed by atoms with Gasteiger partial charge in [0.2, 0.25) is 0 Å². The van der Waals surface area contributed by atoms with Crippen LogP contribution in [0.2, 0.25) is 0 Å². The van der Waals surface area contributed by atoms with Crippen LogP contribution in [0.5, 0.6) is 0 Å². The van der Waals surface area contributed by atoms with E-state index >= 15 is 0 Å². The molecule has 0 unspecified atom stereocenters. The quantitative estimate of drug-likeness (QED) is 0.447. The smallest absolute Gasteiger partial charge is 0.0633 e. The Bertz CT molecular complexity index is 817. The first-order chi connectivity index (χ1) is 12.1. The first-order valence-electron chi connectivity index (χ1n) is 8.57. The molecule has 0 fully saturated rings. The molecule has 3 aromatic carbocycles. The Balaban J connectivity index is 2.21. The van der Waals surface area contributed by atoms with Crippen molar-refractivity contribution in [3.63, 3.8) is 0 Å². The van der Waals surface area contributed by atoms with E-state index in [0.29, 0.717) is 12.4 Å². The fraction of sp³-hybridized carbons (Fsp3) is 0.333. The number of hydrogen-bond donors (Lipinski definition) is 3. The van der Waals surface area contributed by atoms with Gasteiger partial charge < -0.3 is 15.5 Å². The van der Waals surface area contributed by atoms with Crippen molar-refractivity contribution in [1.82, 2.24) is 5.32 Å². The minimum absolute atomic E-state index is 0.121. The largest absolute Gasteiger partial charge is 0.394 e. The van der Waals surface area contributed by atoms with E-state index in [2.05, 4.69) is 41.7 Å². The van der Waals surface area contributed by atoms with E-state index in [-0.39, 0.29) is 13.2 Å². The number of aliphatic hydroxyl groups excluding tert-OH is 2. The minimum Gasteiger partial charge on any atom is -0.394 e. The maximum absolute atomic E-state index is 9.57. The number of nitrogens with one attached hydrogen (secondary N) is 1. The van der Waals surface area contributed by atoms with Gasteiger partial charge in [-0.05, 0) is 46.0 Å². The molecular weight excluding hydrogens is 334 g/mol. The molecule has 0 aliphatic carbocycles. The van der Waals surface area contributed by atoms with Gasteiger partial charge >= 0.3 is 0 Å². The molecule has 0 bridgehead atoms. The summed E-state index contributed by atoms with van der Waals surface area (Å²) in [6.07, 6.45) is 0.821. The Morgan fingerprint density at radius 2 is 1.28 bits per heavy atom. The molecule has 0 saturated carbocycles. The van der Waals surface area contributed by atoms with Gasteiger partial charge in [-0.25, -0.2) is 0 Å².